The molecule has 0 aromatic carbocycles. The first-order valence-electron chi connectivity index (χ1n) is 10.1. The maximum atomic E-state index is 12.7. The Hall–Kier alpha value is -0.560. The molecule has 24 heavy (non-hydrogen) atoms. The topological polar surface area (TPSA) is 43.4 Å². The van der Waals surface area contributed by atoms with E-state index in [1.807, 2.05) is 13.8 Å². The van der Waals surface area contributed by atoms with Gasteiger partial charge in [0.15, 0.2) is 0 Å². The highest BCUT2D eigenvalue weighted by Crippen LogP contribution is 2.42. The van der Waals surface area contributed by atoms with Crippen LogP contribution in [-0.2, 0) is 5.21 Å². The highest BCUT2D eigenvalue weighted by molar-refractivity contribution is 5.22. The number of hydrogen-bond acceptors (Lipinski definition) is 2. The maximum absolute atomic E-state index is 12.7. The highest BCUT2D eigenvalue weighted by atomic mass is 16.5. The monoisotopic (exact) mass is 336 g/mol. The van der Waals surface area contributed by atoms with Crippen LogP contribution < -0.4 is 0 Å². The predicted octanol–water partition coefficient (Wildman–Crippen LogP) is 5.25. The standard InChI is InChI=1S/C21H38NO2/c1-4-5-6-7-8-9-10-11-12-13-15-21(16-14-19-23)18-17-20(2,3)22(21)24/h23H,4-13,15,17-19H2,1-3H3. The molecular weight excluding hydrogens is 298 g/mol. The van der Waals surface area contributed by atoms with E-state index in [0.717, 1.165) is 25.7 Å². The molecule has 1 atom stereocenters. The Labute approximate surface area is 149 Å². The van der Waals surface area contributed by atoms with Gasteiger partial charge in [-0.25, -0.2) is 0 Å². The number of hydrogen-bond donors (Lipinski definition) is 1. The van der Waals surface area contributed by atoms with Gasteiger partial charge in [0.2, 0.25) is 0 Å². The third kappa shape index (κ3) is 6.75. The van der Waals surface area contributed by atoms with Gasteiger partial charge in [0, 0.05) is 5.54 Å². The van der Waals surface area contributed by atoms with Crippen LogP contribution in [0.5, 0.6) is 0 Å². The van der Waals surface area contributed by atoms with Gasteiger partial charge in [-0.1, -0.05) is 83.0 Å². The summed E-state index contributed by atoms with van der Waals surface area (Å²) in [6.45, 7) is 6.10. The minimum Gasteiger partial charge on any atom is -0.384 e. The predicted molar refractivity (Wildman–Crippen MR) is 99.9 cm³/mol. The molecule has 0 amide bonds. The van der Waals surface area contributed by atoms with Crippen molar-refractivity contribution >= 4 is 0 Å². The molecule has 1 unspecified atom stereocenters. The largest absolute Gasteiger partial charge is 0.384 e. The van der Waals surface area contributed by atoms with Gasteiger partial charge in [-0.2, -0.15) is 0 Å². The second-order valence-electron chi connectivity index (χ2n) is 8.03. The van der Waals surface area contributed by atoms with E-state index in [1.54, 1.807) is 0 Å². The first kappa shape index (κ1) is 21.5. The van der Waals surface area contributed by atoms with Gasteiger partial charge >= 0.3 is 0 Å². The van der Waals surface area contributed by atoms with Crippen molar-refractivity contribution in [2.45, 2.75) is 115 Å². The fourth-order valence-electron chi connectivity index (χ4n) is 3.81. The van der Waals surface area contributed by atoms with Crippen molar-refractivity contribution in [1.29, 1.82) is 0 Å². The highest BCUT2D eigenvalue weighted by Gasteiger charge is 2.50. The van der Waals surface area contributed by atoms with Crippen LogP contribution in [0, 0.1) is 11.8 Å². The summed E-state index contributed by atoms with van der Waals surface area (Å²) in [5.41, 5.74) is -0.894. The molecule has 1 rings (SSSR count). The Morgan fingerprint density at radius 3 is 1.92 bits per heavy atom. The lowest BCUT2D eigenvalue weighted by Crippen LogP contribution is -2.47. The molecular formula is C21H38NO2. The molecule has 1 fully saturated rings. The molecule has 1 saturated heterocycles. The van der Waals surface area contributed by atoms with Crippen LogP contribution in [0.25, 0.3) is 0 Å². The molecule has 1 radical (unpaired) electrons. The zero-order valence-corrected chi connectivity index (χ0v) is 16.2. The molecule has 0 bridgehead atoms. The summed E-state index contributed by atoms with van der Waals surface area (Å²) >= 11 is 0. The van der Waals surface area contributed by atoms with Gasteiger partial charge in [0.1, 0.15) is 12.1 Å². The van der Waals surface area contributed by atoms with Gasteiger partial charge in [-0.15, -0.1) is 10.3 Å². The summed E-state index contributed by atoms with van der Waals surface area (Å²) in [6.07, 6.45) is 15.5. The summed E-state index contributed by atoms with van der Waals surface area (Å²) in [4.78, 5) is 0. The Balaban J connectivity index is 2.25. The van der Waals surface area contributed by atoms with Crippen molar-refractivity contribution in [1.82, 2.24) is 5.06 Å². The Morgan fingerprint density at radius 2 is 1.46 bits per heavy atom. The van der Waals surface area contributed by atoms with E-state index in [0.29, 0.717) is 0 Å². The SMILES string of the molecule is CCCCCCCCCCCCC1(C#CCO)CCC(C)(C)N1[O]. The smallest absolute Gasteiger partial charge is 0.110 e. The average Bonchev–Trinajstić information content (AvgIpc) is 2.79. The molecule has 139 valence electrons. The zero-order chi connectivity index (χ0) is 17.9. The summed E-state index contributed by atoms with van der Waals surface area (Å²) in [7, 11) is 0. The van der Waals surface area contributed by atoms with Crippen molar-refractivity contribution in [2.24, 2.45) is 0 Å². The summed E-state index contributed by atoms with van der Waals surface area (Å²) < 4.78 is 0. The van der Waals surface area contributed by atoms with Gasteiger partial charge in [-0.05, 0) is 33.1 Å². The molecule has 0 aromatic rings. The molecule has 0 aliphatic carbocycles. The molecule has 1 aliphatic heterocycles. The first-order valence-corrected chi connectivity index (χ1v) is 10.1. The number of aliphatic hydroxyl groups excluding tert-OH is 1. The number of unbranched alkanes of at least 4 members (excludes halogenated alkanes) is 9. The van der Waals surface area contributed by atoms with Gasteiger partial charge in [0.25, 0.3) is 0 Å². The van der Waals surface area contributed by atoms with Crippen LogP contribution in [0.4, 0.5) is 0 Å². The van der Waals surface area contributed by atoms with E-state index in [1.165, 1.54) is 62.9 Å². The van der Waals surface area contributed by atoms with E-state index >= 15 is 0 Å². The number of hydroxylamine groups is 2. The quantitative estimate of drug-likeness (QED) is 0.413. The van der Waals surface area contributed by atoms with Crippen molar-refractivity contribution < 1.29 is 10.3 Å². The molecule has 1 aliphatic rings. The van der Waals surface area contributed by atoms with Crippen molar-refractivity contribution in [3.8, 4) is 11.8 Å². The lowest BCUT2D eigenvalue weighted by atomic mass is 9.90. The van der Waals surface area contributed by atoms with Gasteiger partial charge in [0.05, 0.1) is 0 Å². The third-order valence-corrected chi connectivity index (χ3v) is 5.43. The van der Waals surface area contributed by atoms with E-state index in [9.17, 15) is 5.21 Å². The molecule has 3 heteroatoms. The lowest BCUT2D eigenvalue weighted by molar-refractivity contribution is -0.240. The Morgan fingerprint density at radius 1 is 0.917 bits per heavy atom. The van der Waals surface area contributed by atoms with Crippen molar-refractivity contribution in [3.05, 3.63) is 0 Å². The fraction of sp³-hybridized carbons (Fsp3) is 0.905. The number of aliphatic hydroxyl groups is 1. The summed E-state index contributed by atoms with van der Waals surface area (Å²) in [6, 6.07) is 0. The van der Waals surface area contributed by atoms with Crippen LogP contribution in [-0.4, -0.2) is 27.9 Å². The second kappa shape index (κ2) is 11.1. The lowest BCUT2D eigenvalue weighted by Gasteiger charge is -2.34. The van der Waals surface area contributed by atoms with Crippen molar-refractivity contribution in [3.63, 3.8) is 0 Å². The van der Waals surface area contributed by atoms with Crippen LogP contribution in [0.2, 0.25) is 0 Å². The van der Waals surface area contributed by atoms with E-state index in [2.05, 4.69) is 18.8 Å². The molecule has 1 heterocycles. The molecule has 3 nitrogen and oxygen atoms in total. The van der Waals surface area contributed by atoms with Gasteiger partial charge < -0.3 is 5.11 Å². The van der Waals surface area contributed by atoms with Crippen molar-refractivity contribution in [2.75, 3.05) is 6.61 Å². The number of rotatable bonds is 11. The van der Waals surface area contributed by atoms with Crippen LogP contribution >= 0.6 is 0 Å². The normalized spacial score (nSPS) is 23.2. The third-order valence-electron chi connectivity index (χ3n) is 5.43. The maximum Gasteiger partial charge on any atom is 0.110 e. The minimum absolute atomic E-state index is 0.159. The van der Waals surface area contributed by atoms with Crippen LogP contribution in [0.3, 0.4) is 0 Å². The molecule has 0 aromatic heterocycles. The average molecular weight is 337 g/mol. The van der Waals surface area contributed by atoms with E-state index in [4.69, 9.17) is 5.11 Å². The van der Waals surface area contributed by atoms with Crippen LogP contribution in [0.1, 0.15) is 104 Å². The van der Waals surface area contributed by atoms with E-state index in [-0.39, 0.29) is 12.1 Å². The molecule has 1 N–H and O–H groups in total. The summed E-state index contributed by atoms with van der Waals surface area (Å²) in [5, 5.41) is 22.9. The molecule has 0 spiro atoms. The Bertz CT molecular complexity index is 396. The second-order valence-corrected chi connectivity index (χ2v) is 8.03. The van der Waals surface area contributed by atoms with Gasteiger partial charge in [-0.3, -0.25) is 0 Å². The summed E-state index contributed by atoms with van der Waals surface area (Å²) in [5.74, 6) is 5.84. The van der Waals surface area contributed by atoms with E-state index < -0.39 is 5.54 Å². The zero-order valence-electron chi connectivity index (χ0n) is 16.2. The fourth-order valence-corrected chi connectivity index (χ4v) is 3.81. The number of nitrogens with zero attached hydrogens (tertiary/aromatic N) is 1. The first-order chi connectivity index (χ1) is 11.5. The van der Waals surface area contributed by atoms with Crippen LogP contribution in [0.15, 0.2) is 0 Å². The molecule has 0 saturated carbocycles. The minimum atomic E-state index is -0.563. The Kier molecular flexibility index (Phi) is 9.96.